The zero-order valence-corrected chi connectivity index (χ0v) is 12.3. The lowest BCUT2D eigenvalue weighted by Gasteiger charge is -2.09. The summed E-state index contributed by atoms with van der Waals surface area (Å²) in [4.78, 5) is 0. The summed E-state index contributed by atoms with van der Waals surface area (Å²) < 4.78 is 4.98. The van der Waals surface area contributed by atoms with Gasteiger partial charge >= 0.3 is 0 Å². The minimum absolute atomic E-state index is 0.0271. The maximum absolute atomic E-state index is 10.0. The van der Waals surface area contributed by atoms with Crippen LogP contribution >= 0.6 is 0 Å². The van der Waals surface area contributed by atoms with Gasteiger partial charge in [0.15, 0.2) is 11.5 Å². The van der Waals surface area contributed by atoms with Crippen molar-refractivity contribution in [1.29, 1.82) is 10.5 Å². The number of hydrogen-bond donors (Lipinski definition) is 1. The molecule has 0 radical (unpaired) electrons. The van der Waals surface area contributed by atoms with E-state index in [1.165, 1.54) is 13.2 Å². The molecular formula is C18H14N2O2. The summed E-state index contributed by atoms with van der Waals surface area (Å²) in [6, 6.07) is 13.2. The van der Waals surface area contributed by atoms with Crippen LogP contribution < -0.4 is 4.74 Å². The SMILES string of the molecule is COc1cc(C#N)c(C=Cc2ccc(C)cc2)c(C#N)c1O. The Labute approximate surface area is 129 Å². The second-order valence-corrected chi connectivity index (χ2v) is 4.73. The number of aromatic hydroxyl groups is 1. The van der Waals surface area contributed by atoms with Crippen LogP contribution in [0.25, 0.3) is 12.2 Å². The molecule has 0 aliphatic heterocycles. The minimum atomic E-state index is -0.257. The first-order valence-electron chi connectivity index (χ1n) is 6.59. The topological polar surface area (TPSA) is 77.0 Å². The summed E-state index contributed by atoms with van der Waals surface area (Å²) >= 11 is 0. The van der Waals surface area contributed by atoms with Gasteiger partial charge in [-0.15, -0.1) is 0 Å². The smallest absolute Gasteiger partial charge is 0.176 e. The summed E-state index contributed by atoms with van der Waals surface area (Å²) in [7, 11) is 1.37. The summed E-state index contributed by atoms with van der Waals surface area (Å²) in [6.45, 7) is 2.00. The van der Waals surface area contributed by atoms with E-state index in [1.807, 2.05) is 43.3 Å². The highest BCUT2D eigenvalue weighted by molar-refractivity contribution is 5.79. The Morgan fingerprint density at radius 3 is 2.32 bits per heavy atom. The average molecular weight is 290 g/mol. The third-order valence-corrected chi connectivity index (χ3v) is 3.28. The average Bonchev–Trinajstić information content (AvgIpc) is 2.54. The lowest BCUT2D eigenvalue weighted by atomic mass is 9.99. The summed E-state index contributed by atoms with van der Waals surface area (Å²) in [6.07, 6.45) is 3.45. The molecule has 0 fully saturated rings. The molecule has 0 aliphatic rings. The molecule has 0 saturated carbocycles. The first-order valence-corrected chi connectivity index (χ1v) is 6.59. The number of methoxy groups -OCH3 is 1. The standard InChI is InChI=1S/C18H14N2O2/c1-12-3-5-13(6-4-12)7-8-15-14(10-19)9-17(22-2)18(21)16(15)11-20/h3-9,21H,1-2H3. The predicted octanol–water partition coefficient (Wildman–Crippen LogP) is 3.62. The van der Waals surface area contributed by atoms with E-state index in [0.29, 0.717) is 5.56 Å². The molecule has 0 aromatic heterocycles. The molecule has 0 atom stereocenters. The molecule has 0 spiro atoms. The van der Waals surface area contributed by atoms with E-state index < -0.39 is 0 Å². The number of aryl methyl sites for hydroxylation is 1. The number of nitriles is 2. The Hall–Kier alpha value is -3.24. The highest BCUT2D eigenvalue weighted by atomic mass is 16.5. The molecule has 0 bridgehead atoms. The van der Waals surface area contributed by atoms with E-state index in [2.05, 4.69) is 0 Å². The van der Waals surface area contributed by atoms with Gasteiger partial charge in [-0.05, 0) is 12.5 Å². The molecular weight excluding hydrogens is 276 g/mol. The molecule has 2 aromatic rings. The van der Waals surface area contributed by atoms with Gasteiger partial charge in [-0.2, -0.15) is 10.5 Å². The lowest BCUT2D eigenvalue weighted by molar-refractivity contribution is 0.372. The van der Waals surface area contributed by atoms with Gasteiger partial charge in [0, 0.05) is 11.6 Å². The number of phenols is 1. The highest BCUT2D eigenvalue weighted by Crippen LogP contribution is 2.35. The monoisotopic (exact) mass is 290 g/mol. The zero-order chi connectivity index (χ0) is 16.1. The van der Waals surface area contributed by atoms with E-state index in [4.69, 9.17) is 4.74 Å². The van der Waals surface area contributed by atoms with Crippen LogP contribution in [-0.2, 0) is 0 Å². The predicted molar refractivity (Wildman–Crippen MR) is 84.2 cm³/mol. The van der Waals surface area contributed by atoms with Crippen molar-refractivity contribution in [2.45, 2.75) is 6.92 Å². The fourth-order valence-electron chi connectivity index (χ4n) is 2.05. The normalized spacial score (nSPS) is 10.2. The van der Waals surface area contributed by atoms with Crippen molar-refractivity contribution >= 4 is 12.2 Å². The van der Waals surface area contributed by atoms with Crippen molar-refractivity contribution < 1.29 is 9.84 Å². The van der Waals surface area contributed by atoms with E-state index in [0.717, 1.165) is 11.1 Å². The second-order valence-electron chi connectivity index (χ2n) is 4.73. The third kappa shape index (κ3) is 2.92. The molecule has 0 unspecified atom stereocenters. The third-order valence-electron chi connectivity index (χ3n) is 3.28. The fourth-order valence-corrected chi connectivity index (χ4v) is 2.05. The van der Waals surface area contributed by atoms with Crippen LogP contribution in [0.2, 0.25) is 0 Å². The van der Waals surface area contributed by atoms with Crippen LogP contribution in [0, 0.1) is 29.6 Å². The number of benzene rings is 2. The van der Waals surface area contributed by atoms with Crippen molar-refractivity contribution in [3.05, 3.63) is 58.1 Å². The molecule has 108 valence electrons. The first kappa shape index (κ1) is 15.2. The van der Waals surface area contributed by atoms with Crippen molar-refractivity contribution in [2.24, 2.45) is 0 Å². The van der Waals surface area contributed by atoms with Gasteiger partial charge in [-0.25, -0.2) is 0 Å². The van der Waals surface area contributed by atoms with Gasteiger partial charge in [0.2, 0.25) is 0 Å². The molecule has 0 amide bonds. The summed E-state index contributed by atoms with van der Waals surface area (Å²) in [5.41, 5.74) is 2.76. The van der Waals surface area contributed by atoms with Crippen LogP contribution in [0.1, 0.15) is 27.8 Å². The molecule has 2 rings (SSSR count). The van der Waals surface area contributed by atoms with Gasteiger partial charge < -0.3 is 9.84 Å². The van der Waals surface area contributed by atoms with Crippen LogP contribution in [0.3, 0.4) is 0 Å². The van der Waals surface area contributed by atoms with Crippen LogP contribution in [0.4, 0.5) is 0 Å². The minimum Gasteiger partial charge on any atom is -0.503 e. The van der Waals surface area contributed by atoms with Crippen LogP contribution in [0.5, 0.6) is 11.5 Å². The Kier molecular flexibility index (Phi) is 4.46. The molecule has 0 aliphatic carbocycles. The summed E-state index contributed by atoms with van der Waals surface area (Å²) in [5.74, 6) is -0.145. The van der Waals surface area contributed by atoms with Crippen LogP contribution in [-0.4, -0.2) is 12.2 Å². The van der Waals surface area contributed by atoms with E-state index in [1.54, 1.807) is 12.2 Å². The molecule has 1 N–H and O–H groups in total. The van der Waals surface area contributed by atoms with E-state index in [-0.39, 0.29) is 22.6 Å². The number of rotatable bonds is 3. The van der Waals surface area contributed by atoms with Crippen LogP contribution in [0.15, 0.2) is 30.3 Å². The van der Waals surface area contributed by atoms with Crippen molar-refractivity contribution in [1.82, 2.24) is 0 Å². The van der Waals surface area contributed by atoms with E-state index in [9.17, 15) is 15.6 Å². The molecule has 22 heavy (non-hydrogen) atoms. The van der Waals surface area contributed by atoms with Crippen molar-refractivity contribution in [3.63, 3.8) is 0 Å². The summed E-state index contributed by atoms with van der Waals surface area (Å²) in [5, 5.41) is 28.5. The Morgan fingerprint density at radius 2 is 1.77 bits per heavy atom. The van der Waals surface area contributed by atoms with Gasteiger partial charge in [-0.3, -0.25) is 0 Å². The second kappa shape index (κ2) is 6.47. The maximum Gasteiger partial charge on any atom is 0.176 e. The maximum atomic E-state index is 10.0. The van der Waals surface area contributed by atoms with Gasteiger partial charge in [-0.1, -0.05) is 42.0 Å². The lowest BCUT2D eigenvalue weighted by Crippen LogP contribution is -1.94. The molecule has 0 heterocycles. The number of hydrogen-bond acceptors (Lipinski definition) is 4. The quantitative estimate of drug-likeness (QED) is 0.876. The Balaban J connectivity index is 2.55. The van der Waals surface area contributed by atoms with Crippen molar-refractivity contribution in [2.75, 3.05) is 7.11 Å². The van der Waals surface area contributed by atoms with E-state index >= 15 is 0 Å². The first-order chi connectivity index (χ1) is 10.6. The van der Waals surface area contributed by atoms with Gasteiger partial charge in [0.1, 0.15) is 11.6 Å². The Bertz CT molecular complexity index is 807. The number of ether oxygens (including phenoxy) is 1. The number of nitrogens with zero attached hydrogens (tertiary/aromatic N) is 2. The molecule has 4 nitrogen and oxygen atoms in total. The Morgan fingerprint density at radius 1 is 1.09 bits per heavy atom. The van der Waals surface area contributed by atoms with Crippen molar-refractivity contribution in [3.8, 4) is 23.6 Å². The molecule has 2 aromatic carbocycles. The fraction of sp³-hybridized carbons (Fsp3) is 0.111. The molecule has 0 saturated heterocycles. The molecule has 4 heteroatoms. The zero-order valence-electron chi connectivity index (χ0n) is 12.3. The van der Waals surface area contributed by atoms with Gasteiger partial charge in [0.25, 0.3) is 0 Å². The number of phenolic OH excluding ortho intramolecular Hbond substituents is 1. The highest BCUT2D eigenvalue weighted by Gasteiger charge is 2.16. The largest absolute Gasteiger partial charge is 0.503 e. The van der Waals surface area contributed by atoms with Gasteiger partial charge in [0.05, 0.1) is 18.7 Å².